The van der Waals surface area contributed by atoms with Crippen LogP contribution in [0.5, 0.6) is 0 Å². The van der Waals surface area contributed by atoms with Crippen LogP contribution in [0.1, 0.15) is 17.0 Å². The number of aromatic nitrogens is 4. The molecular formula is C21H22ClF3N8. The van der Waals surface area contributed by atoms with E-state index in [-0.39, 0.29) is 11.0 Å². The number of hydrogen-bond donors (Lipinski definition) is 2. The normalized spacial score (nSPS) is 15.0. The van der Waals surface area contributed by atoms with Crippen molar-refractivity contribution < 1.29 is 13.2 Å². The molecule has 174 valence electrons. The Morgan fingerprint density at radius 1 is 1.06 bits per heavy atom. The zero-order valence-electron chi connectivity index (χ0n) is 17.8. The van der Waals surface area contributed by atoms with Gasteiger partial charge in [0.25, 0.3) is 0 Å². The predicted molar refractivity (Wildman–Crippen MR) is 120 cm³/mol. The van der Waals surface area contributed by atoms with Gasteiger partial charge in [0.2, 0.25) is 11.9 Å². The maximum absolute atomic E-state index is 12.8. The maximum atomic E-state index is 12.8. The van der Waals surface area contributed by atoms with E-state index in [0.717, 1.165) is 23.5 Å². The molecule has 0 bridgehead atoms. The van der Waals surface area contributed by atoms with Crippen LogP contribution in [0.2, 0.25) is 5.02 Å². The molecule has 1 saturated heterocycles. The molecule has 0 spiro atoms. The van der Waals surface area contributed by atoms with E-state index >= 15 is 0 Å². The van der Waals surface area contributed by atoms with Crippen molar-refractivity contribution in [2.45, 2.75) is 19.6 Å². The number of alkyl halides is 3. The highest BCUT2D eigenvalue weighted by Crippen LogP contribution is 2.33. The van der Waals surface area contributed by atoms with Crippen molar-refractivity contribution in [1.82, 2.24) is 24.8 Å². The van der Waals surface area contributed by atoms with E-state index in [4.69, 9.17) is 17.3 Å². The van der Waals surface area contributed by atoms with Gasteiger partial charge in [-0.25, -0.2) is 4.98 Å². The lowest BCUT2D eigenvalue weighted by Gasteiger charge is -2.35. The lowest BCUT2D eigenvalue weighted by atomic mass is 10.2. The summed E-state index contributed by atoms with van der Waals surface area (Å²) in [5.74, 6) is 1.35. The molecule has 8 nitrogen and oxygen atoms in total. The fourth-order valence-electron chi connectivity index (χ4n) is 3.47. The Morgan fingerprint density at radius 3 is 2.39 bits per heavy atom. The van der Waals surface area contributed by atoms with Crippen LogP contribution in [0, 0.1) is 6.92 Å². The van der Waals surface area contributed by atoms with Gasteiger partial charge in [0, 0.05) is 38.1 Å². The largest absolute Gasteiger partial charge is 0.417 e. The fourth-order valence-corrected chi connectivity index (χ4v) is 3.75. The maximum Gasteiger partial charge on any atom is 0.417 e. The van der Waals surface area contributed by atoms with E-state index in [0.29, 0.717) is 50.3 Å². The minimum atomic E-state index is -4.48. The van der Waals surface area contributed by atoms with E-state index in [9.17, 15) is 13.2 Å². The van der Waals surface area contributed by atoms with Crippen molar-refractivity contribution >= 4 is 35.0 Å². The summed E-state index contributed by atoms with van der Waals surface area (Å²) in [6.07, 6.45) is -3.67. The van der Waals surface area contributed by atoms with Crippen LogP contribution in [0.15, 0.2) is 36.5 Å². The van der Waals surface area contributed by atoms with Gasteiger partial charge in [0.05, 0.1) is 17.1 Å². The number of anilines is 4. The zero-order chi connectivity index (χ0) is 23.6. The molecule has 2 aromatic heterocycles. The van der Waals surface area contributed by atoms with Crippen molar-refractivity contribution in [3.63, 3.8) is 0 Å². The smallest absolute Gasteiger partial charge is 0.368 e. The molecule has 0 saturated carbocycles. The van der Waals surface area contributed by atoms with Crippen LogP contribution in [-0.2, 0) is 12.7 Å². The molecule has 3 heterocycles. The van der Waals surface area contributed by atoms with Gasteiger partial charge in [0.15, 0.2) is 0 Å². The van der Waals surface area contributed by atoms with Crippen molar-refractivity contribution in [3.8, 4) is 0 Å². The van der Waals surface area contributed by atoms with Gasteiger partial charge < -0.3 is 16.0 Å². The SMILES string of the molecule is Cc1ccc(Nc2nc(N)nc(CN3CCN(c4ncc(C(F)(F)F)cc4Cl)CC3)n2)cc1. The summed E-state index contributed by atoms with van der Waals surface area (Å²) in [5.41, 5.74) is 6.99. The topological polar surface area (TPSA) is 96.1 Å². The van der Waals surface area contributed by atoms with Crippen LogP contribution in [0.25, 0.3) is 0 Å². The van der Waals surface area contributed by atoms with E-state index in [2.05, 4.69) is 30.2 Å². The van der Waals surface area contributed by atoms with Crippen LogP contribution in [-0.4, -0.2) is 51.0 Å². The molecular weight excluding hydrogens is 457 g/mol. The summed E-state index contributed by atoms with van der Waals surface area (Å²) in [6, 6.07) is 8.71. The molecule has 1 aromatic carbocycles. The summed E-state index contributed by atoms with van der Waals surface area (Å²) in [6.45, 7) is 4.82. The van der Waals surface area contributed by atoms with E-state index in [1.807, 2.05) is 36.1 Å². The van der Waals surface area contributed by atoms with E-state index < -0.39 is 11.7 Å². The summed E-state index contributed by atoms with van der Waals surface area (Å²) >= 11 is 6.08. The predicted octanol–water partition coefficient (Wildman–Crippen LogP) is 3.90. The Kier molecular flexibility index (Phi) is 6.52. The molecule has 0 radical (unpaired) electrons. The quantitative estimate of drug-likeness (QED) is 0.570. The standard InChI is InChI=1S/C21H22ClF3N8/c1-13-2-4-15(5-3-13)28-20-30-17(29-19(26)31-20)12-32-6-8-33(9-7-32)18-16(22)10-14(11-27-18)21(23,24)25/h2-5,10-11H,6-9,12H2,1H3,(H3,26,28,29,30,31). The minimum absolute atomic E-state index is 0.0182. The Morgan fingerprint density at radius 2 is 1.76 bits per heavy atom. The number of nitrogen functional groups attached to an aromatic ring is 1. The molecule has 12 heteroatoms. The number of nitrogens with zero attached hydrogens (tertiary/aromatic N) is 6. The lowest BCUT2D eigenvalue weighted by molar-refractivity contribution is -0.137. The Bertz CT molecular complexity index is 1120. The molecule has 0 aliphatic carbocycles. The van der Waals surface area contributed by atoms with Crippen LogP contribution < -0.4 is 16.0 Å². The first-order valence-corrected chi connectivity index (χ1v) is 10.6. The van der Waals surface area contributed by atoms with Crippen LogP contribution in [0.3, 0.4) is 0 Å². The van der Waals surface area contributed by atoms with Gasteiger partial charge in [-0.3, -0.25) is 4.90 Å². The summed E-state index contributed by atoms with van der Waals surface area (Å²) < 4.78 is 38.5. The number of rotatable bonds is 5. The third kappa shape index (κ3) is 5.79. The zero-order valence-corrected chi connectivity index (χ0v) is 18.5. The number of pyridine rings is 1. The number of nitrogens with one attached hydrogen (secondary N) is 1. The average Bonchev–Trinajstić information content (AvgIpc) is 2.75. The first kappa shape index (κ1) is 23.0. The highest BCUT2D eigenvalue weighted by Gasteiger charge is 2.32. The molecule has 0 unspecified atom stereocenters. The van der Waals surface area contributed by atoms with E-state index in [1.54, 1.807) is 0 Å². The number of nitrogens with two attached hydrogens (primary N) is 1. The summed E-state index contributed by atoms with van der Waals surface area (Å²) in [5, 5.41) is 3.11. The van der Waals surface area contributed by atoms with Crippen LogP contribution >= 0.6 is 11.6 Å². The molecule has 1 aliphatic rings. The molecule has 33 heavy (non-hydrogen) atoms. The Balaban J connectivity index is 1.38. The highest BCUT2D eigenvalue weighted by atomic mass is 35.5. The van der Waals surface area contributed by atoms with E-state index in [1.165, 1.54) is 0 Å². The molecule has 3 N–H and O–H groups in total. The second-order valence-electron chi connectivity index (χ2n) is 7.71. The first-order chi connectivity index (χ1) is 15.7. The van der Waals surface area contributed by atoms with Crippen molar-refractivity contribution in [3.05, 3.63) is 58.5 Å². The molecule has 0 amide bonds. The Hall–Kier alpha value is -3.18. The van der Waals surface area contributed by atoms with Gasteiger partial charge >= 0.3 is 6.18 Å². The van der Waals surface area contributed by atoms with Gasteiger partial charge in [-0.1, -0.05) is 29.3 Å². The number of aryl methyl sites for hydroxylation is 1. The van der Waals surface area contributed by atoms with Gasteiger partial charge in [-0.15, -0.1) is 0 Å². The van der Waals surface area contributed by atoms with Crippen molar-refractivity contribution in [1.29, 1.82) is 0 Å². The van der Waals surface area contributed by atoms with Crippen molar-refractivity contribution in [2.24, 2.45) is 0 Å². The van der Waals surface area contributed by atoms with Gasteiger partial charge in [-0.2, -0.15) is 28.1 Å². The molecule has 0 atom stereocenters. The second-order valence-corrected chi connectivity index (χ2v) is 8.12. The number of piperazine rings is 1. The van der Waals surface area contributed by atoms with Gasteiger partial charge in [0.1, 0.15) is 11.6 Å². The van der Waals surface area contributed by atoms with Gasteiger partial charge in [-0.05, 0) is 25.1 Å². The Labute approximate surface area is 193 Å². The fraction of sp³-hybridized carbons (Fsp3) is 0.333. The van der Waals surface area contributed by atoms with Crippen molar-refractivity contribution in [2.75, 3.05) is 42.1 Å². The third-order valence-corrected chi connectivity index (χ3v) is 5.47. The number of halogens is 4. The number of benzene rings is 1. The minimum Gasteiger partial charge on any atom is -0.368 e. The van der Waals surface area contributed by atoms with Crippen LogP contribution in [0.4, 0.5) is 36.6 Å². The monoisotopic (exact) mass is 478 g/mol. The molecule has 3 aromatic rings. The molecule has 4 rings (SSSR count). The average molecular weight is 479 g/mol. The lowest BCUT2D eigenvalue weighted by Crippen LogP contribution is -2.46. The molecule has 1 aliphatic heterocycles. The molecule has 1 fully saturated rings. The summed E-state index contributed by atoms with van der Waals surface area (Å²) in [7, 11) is 0. The summed E-state index contributed by atoms with van der Waals surface area (Å²) in [4.78, 5) is 20.8. The highest BCUT2D eigenvalue weighted by molar-refractivity contribution is 6.33. The third-order valence-electron chi connectivity index (χ3n) is 5.19. The number of hydrogen-bond acceptors (Lipinski definition) is 8. The first-order valence-electron chi connectivity index (χ1n) is 10.2. The second kappa shape index (κ2) is 9.36.